The predicted octanol–water partition coefficient (Wildman–Crippen LogP) is 2.21. The average Bonchev–Trinajstić information content (AvgIpc) is 2.34. The first-order valence-corrected chi connectivity index (χ1v) is 3.03. The molecule has 1 aromatic heterocycles. The summed E-state index contributed by atoms with van der Waals surface area (Å²) in [5.74, 6) is 1.48. The molecule has 10 heavy (non-hydrogen) atoms. The standard InChI is InChI=1S/C8H10O2/c1-6(9-3)8-4-5-10-7(8)2/h4-5H,1H2,2-3H3. The van der Waals surface area contributed by atoms with Crippen LogP contribution < -0.4 is 0 Å². The molecule has 0 N–H and O–H groups in total. The van der Waals surface area contributed by atoms with Crippen molar-refractivity contribution in [3.63, 3.8) is 0 Å². The van der Waals surface area contributed by atoms with Gasteiger partial charge in [0.15, 0.2) is 0 Å². The molecule has 0 unspecified atom stereocenters. The van der Waals surface area contributed by atoms with Crippen LogP contribution in [0.2, 0.25) is 0 Å². The molecule has 0 saturated carbocycles. The summed E-state index contributed by atoms with van der Waals surface area (Å²) in [4.78, 5) is 0. The molecule has 0 saturated heterocycles. The second-order valence-electron chi connectivity index (χ2n) is 2.02. The highest BCUT2D eigenvalue weighted by Gasteiger charge is 2.03. The Labute approximate surface area is 60.1 Å². The van der Waals surface area contributed by atoms with Crippen molar-refractivity contribution in [2.24, 2.45) is 0 Å². The van der Waals surface area contributed by atoms with Crippen LogP contribution >= 0.6 is 0 Å². The zero-order valence-electron chi connectivity index (χ0n) is 6.18. The Balaban J connectivity index is 2.93. The fourth-order valence-electron chi connectivity index (χ4n) is 0.784. The summed E-state index contributed by atoms with van der Waals surface area (Å²) < 4.78 is 9.97. The van der Waals surface area contributed by atoms with Gasteiger partial charge >= 0.3 is 0 Å². The van der Waals surface area contributed by atoms with Crippen LogP contribution in [-0.4, -0.2) is 7.11 Å². The Morgan fingerprint density at radius 2 is 2.40 bits per heavy atom. The molecular formula is C8H10O2. The average molecular weight is 138 g/mol. The lowest BCUT2D eigenvalue weighted by Gasteiger charge is -1.99. The third kappa shape index (κ3) is 1.05. The molecule has 0 spiro atoms. The van der Waals surface area contributed by atoms with Crippen LogP contribution in [0.5, 0.6) is 0 Å². The van der Waals surface area contributed by atoms with E-state index in [0.717, 1.165) is 11.3 Å². The molecular weight excluding hydrogens is 128 g/mol. The first kappa shape index (κ1) is 6.93. The highest BCUT2D eigenvalue weighted by Crippen LogP contribution is 2.17. The lowest BCUT2D eigenvalue weighted by molar-refractivity contribution is 0.370. The molecule has 0 radical (unpaired) electrons. The second-order valence-corrected chi connectivity index (χ2v) is 2.02. The van der Waals surface area contributed by atoms with E-state index in [1.54, 1.807) is 13.4 Å². The highest BCUT2D eigenvalue weighted by atomic mass is 16.5. The summed E-state index contributed by atoms with van der Waals surface area (Å²) in [6.45, 7) is 5.57. The first-order valence-electron chi connectivity index (χ1n) is 3.03. The van der Waals surface area contributed by atoms with Gasteiger partial charge in [-0.1, -0.05) is 6.58 Å². The molecule has 2 nitrogen and oxygen atoms in total. The van der Waals surface area contributed by atoms with Crippen molar-refractivity contribution in [2.45, 2.75) is 6.92 Å². The molecule has 0 amide bonds. The van der Waals surface area contributed by atoms with Crippen LogP contribution in [0, 0.1) is 6.92 Å². The molecule has 0 aliphatic carbocycles. The van der Waals surface area contributed by atoms with Gasteiger partial charge in [0, 0.05) is 0 Å². The maximum atomic E-state index is 5.05. The molecule has 0 aliphatic rings. The summed E-state index contributed by atoms with van der Waals surface area (Å²) in [7, 11) is 1.59. The minimum atomic E-state index is 0.645. The van der Waals surface area contributed by atoms with Gasteiger partial charge in [-0.15, -0.1) is 0 Å². The number of aryl methyl sites for hydroxylation is 1. The molecule has 0 aromatic carbocycles. The van der Waals surface area contributed by atoms with Crippen molar-refractivity contribution < 1.29 is 9.15 Å². The van der Waals surface area contributed by atoms with Crippen LogP contribution in [0.1, 0.15) is 11.3 Å². The van der Waals surface area contributed by atoms with Gasteiger partial charge in [0.2, 0.25) is 0 Å². The van der Waals surface area contributed by atoms with Gasteiger partial charge in [0.1, 0.15) is 11.5 Å². The molecule has 0 atom stereocenters. The first-order chi connectivity index (χ1) is 4.75. The quantitative estimate of drug-likeness (QED) is 0.584. The molecule has 2 heteroatoms. The largest absolute Gasteiger partial charge is 0.497 e. The number of furan rings is 1. The fourth-order valence-corrected chi connectivity index (χ4v) is 0.784. The number of hydrogen-bond donors (Lipinski definition) is 0. The van der Waals surface area contributed by atoms with Crippen molar-refractivity contribution in [1.82, 2.24) is 0 Å². The van der Waals surface area contributed by atoms with Gasteiger partial charge in [-0.25, -0.2) is 0 Å². The molecule has 0 bridgehead atoms. The predicted molar refractivity (Wildman–Crippen MR) is 39.5 cm³/mol. The lowest BCUT2D eigenvalue weighted by Crippen LogP contribution is -1.83. The van der Waals surface area contributed by atoms with E-state index in [-0.39, 0.29) is 0 Å². The van der Waals surface area contributed by atoms with E-state index in [0.29, 0.717) is 5.76 Å². The van der Waals surface area contributed by atoms with Gasteiger partial charge in [0.05, 0.1) is 18.9 Å². The zero-order valence-corrected chi connectivity index (χ0v) is 6.18. The monoisotopic (exact) mass is 138 g/mol. The molecule has 0 aliphatic heterocycles. The van der Waals surface area contributed by atoms with Crippen LogP contribution in [-0.2, 0) is 4.74 Å². The minimum Gasteiger partial charge on any atom is -0.497 e. The number of rotatable bonds is 2. The zero-order chi connectivity index (χ0) is 7.56. The summed E-state index contributed by atoms with van der Waals surface area (Å²) in [6.07, 6.45) is 1.62. The van der Waals surface area contributed by atoms with Gasteiger partial charge in [-0.05, 0) is 13.0 Å². The SMILES string of the molecule is C=C(OC)c1ccoc1C. The van der Waals surface area contributed by atoms with Crippen molar-refractivity contribution in [1.29, 1.82) is 0 Å². The van der Waals surface area contributed by atoms with Crippen LogP contribution in [0.4, 0.5) is 0 Å². The Kier molecular flexibility index (Phi) is 1.81. The van der Waals surface area contributed by atoms with Crippen molar-refractivity contribution in [3.8, 4) is 0 Å². The summed E-state index contributed by atoms with van der Waals surface area (Å²) in [5, 5.41) is 0. The van der Waals surface area contributed by atoms with Gasteiger partial charge in [-0.3, -0.25) is 0 Å². The normalized spacial score (nSPS) is 9.40. The van der Waals surface area contributed by atoms with Crippen molar-refractivity contribution >= 4 is 5.76 Å². The molecule has 1 heterocycles. The van der Waals surface area contributed by atoms with Gasteiger partial charge in [-0.2, -0.15) is 0 Å². The van der Waals surface area contributed by atoms with Crippen molar-refractivity contribution in [2.75, 3.05) is 7.11 Å². The third-order valence-electron chi connectivity index (χ3n) is 1.41. The highest BCUT2D eigenvalue weighted by molar-refractivity contribution is 5.58. The number of hydrogen-bond acceptors (Lipinski definition) is 2. The molecule has 1 rings (SSSR count). The Hall–Kier alpha value is -1.18. The van der Waals surface area contributed by atoms with E-state index in [1.807, 2.05) is 13.0 Å². The van der Waals surface area contributed by atoms with E-state index in [2.05, 4.69) is 6.58 Å². The van der Waals surface area contributed by atoms with E-state index in [1.165, 1.54) is 0 Å². The van der Waals surface area contributed by atoms with Crippen molar-refractivity contribution in [3.05, 3.63) is 30.2 Å². The summed E-state index contributed by atoms with van der Waals surface area (Å²) in [5.41, 5.74) is 0.933. The maximum Gasteiger partial charge on any atom is 0.122 e. The summed E-state index contributed by atoms with van der Waals surface area (Å²) in [6, 6.07) is 1.83. The van der Waals surface area contributed by atoms with E-state index >= 15 is 0 Å². The van der Waals surface area contributed by atoms with E-state index in [9.17, 15) is 0 Å². The van der Waals surface area contributed by atoms with Crippen LogP contribution in [0.3, 0.4) is 0 Å². The van der Waals surface area contributed by atoms with E-state index < -0.39 is 0 Å². The third-order valence-corrected chi connectivity index (χ3v) is 1.41. The second kappa shape index (κ2) is 2.60. The van der Waals surface area contributed by atoms with E-state index in [4.69, 9.17) is 9.15 Å². The Bertz CT molecular complexity index is 235. The van der Waals surface area contributed by atoms with Crippen LogP contribution in [0.25, 0.3) is 5.76 Å². The fraction of sp³-hybridized carbons (Fsp3) is 0.250. The molecule has 0 fully saturated rings. The minimum absolute atomic E-state index is 0.645. The number of ether oxygens (including phenoxy) is 1. The van der Waals surface area contributed by atoms with Crippen LogP contribution in [0.15, 0.2) is 23.3 Å². The summed E-state index contributed by atoms with van der Waals surface area (Å²) >= 11 is 0. The lowest BCUT2D eigenvalue weighted by atomic mass is 10.2. The maximum absolute atomic E-state index is 5.05. The van der Waals surface area contributed by atoms with Gasteiger partial charge < -0.3 is 9.15 Å². The Morgan fingerprint density at radius 3 is 2.80 bits per heavy atom. The molecule has 1 aromatic rings. The Morgan fingerprint density at radius 1 is 1.70 bits per heavy atom. The van der Waals surface area contributed by atoms with Gasteiger partial charge in [0.25, 0.3) is 0 Å². The smallest absolute Gasteiger partial charge is 0.122 e. The topological polar surface area (TPSA) is 22.4 Å². The number of methoxy groups -OCH3 is 1. The molecule has 54 valence electrons.